The summed E-state index contributed by atoms with van der Waals surface area (Å²) in [6.45, 7) is 15.3. The van der Waals surface area contributed by atoms with Crippen LogP contribution in [-0.2, 0) is 4.43 Å². The zero-order valence-corrected chi connectivity index (χ0v) is 12.8. The molecule has 0 saturated carbocycles. The highest BCUT2D eigenvalue weighted by atomic mass is 29.2. The number of nitrogens with zero attached hydrogens (tertiary/aromatic N) is 1. The fourth-order valence-corrected chi connectivity index (χ4v) is 14.0. The van der Waals surface area contributed by atoms with Crippen molar-refractivity contribution in [2.45, 2.75) is 40.3 Å². The Bertz CT molecular complexity index is 195. The van der Waals surface area contributed by atoms with E-state index in [2.05, 4.69) is 38.8 Å². The van der Waals surface area contributed by atoms with Gasteiger partial charge in [-0.2, -0.15) is 0 Å². The van der Waals surface area contributed by atoms with Crippen LogP contribution in [0, 0.1) is 5.41 Å². The molecular weight excluding hydrogens is 206 g/mol. The Balaban J connectivity index is 2.72. The molecule has 1 fully saturated rings. The molecule has 1 saturated heterocycles. The van der Waals surface area contributed by atoms with Crippen LogP contribution >= 0.6 is 0 Å². The van der Waals surface area contributed by atoms with E-state index in [4.69, 9.17) is 4.43 Å². The van der Waals surface area contributed by atoms with Gasteiger partial charge in [0.2, 0.25) is 0 Å². The zero-order chi connectivity index (χ0) is 10.8. The lowest BCUT2D eigenvalue weighted by Gasteiger charge is -2.46. The summed E-state index contributed by atoms with van der Waals surface area (Å²) in [6, 6.07) is 1.44. The smallest absolute Gasteiger partial charge is 0.168 e. The lowest BCUT2D eigenvalue weighted by Crippen LogP contribution is -2.62. The summed E-state index contributed by atoms with van der Waals surface area (Å²) in [6.07, 6.45) is 0. The Kier molecular flexibility index (Phi) is 3.97. The van der Waals surface area contributed by atoms with Crippen LogP contribution in [0.2, 0.25) is 12.6 Å². The second-order valence-corrected chi connectivity index (χ2v) is 15.6. The van der Waals surface area contributed by atoms with Crippen LogP contribution in [0.5, 0.6) is 0 Å². The number of rotatable bonds is 3. The van der Waals surface area contributed by atoms with Crippen molar-refractivity contribution < 1.29 is 4.43 Å². The first-order chi connectivity index (χ1) is 6.43. The summed E-state index contributed by atoms with van der Waals surface area (Å²) in [5, 5.41) is 0. The molecule has 1 unspecified atom stereocenters. The molecule has 0 aromatic rings. The maximum absolute atomic E-state index is 5.94. The van der Waals surface area contributed by atoms with E-state index in [0.29, 0.717) is 5.41 Å². The van der Waals surface area contributed by atoms with Gasteiger partial charge in [-0.3, -0.25) is 0 Å². The Morgan fingerprint density at radius 1 is 1.36 bits per heavy atom. The molecule has 84 valence electrons. The van der Waals surface area contributed by atoms with Gasteiger partial charge < -0.3 is 8.99 Å². The molecule has 0 radical (unpaired) electrons. The molecule has 4 heteroatoms. The van der Waals surface area contributed by atoms with Crippen LogP contribution in [0.3, 0.4) is 0 Å². The maximum Gasteiger partial charge on any atom is 0.168 e. The van der Waals surface area contributed by atoms with Crippen molar-refractivity contribution in [2.75, 3.05) is 19.7 Å². The minimum Gasteiger partial charge on any atom is -0.425 e. The standard InChI is InChI=1S/C10H25NOSi2/c1-6-11(7-2)14(5)9-10(3,4)8-12-13-14/h6-9,13H2,1-5H3. The van der Waals surface area contributed by atoms with Gasteiger partial charge in [-0.15, -0.1) is 0 Å². The minimum absolute atomic E-state index is 0.247. The second kappa shape index (κ2) is 4.47. The van der Waals surface area contributed by atoms with Crippen LogP contribution in [0.1, 0.15) is 27.7 Å². The fourth-order valence-electron chi connectivity index (χ4n) is 2.87. The molecule has 14 heavy (non-hydrogen) atoms. The SMILES string of the molecule is CCN(CC)[Si]1(C)CC(C)(C)CO[SiH2]1. The average molecular weight is 231 g/mol. The normalized spacial score (nSPS) is 33.9. The molecule has 1 rings (SSSR count). The molecular formula is C10H25NOSi2. The fraction of sp³-hybridized carbons (Fsp3) is 1.00. The zero-order valence-electron chi connectivity index (χ0n) is 10.4. The van der Waals surface area contributed by atoms with Crippen molar-refractivity contribution in [1.82, 2.24) is 4.57 Å². The second-order valence-electron chi connectivity index (χ2n) is 5.50. The maximum atomic E-state index is 5.94. The first kappa shape index (κ1) is 12.4. The summed E-state index contributed by atoms with van der Waals surface area (Å²) in [7, 11) is -1.40. The van der Waals surface area contributed by atoms with E-state index in [9.17, 15) is 0 Å². The van der Waals surface area contributed by atoms with Crippen LogP contribution in [0.4, 0.5) is 0 Å². The summed E-state index contributed by atoms with van der Waals surface area (Å²) in [5.74, 6) is 0. The van der Waals surface area contributed by atoms with Crippen LogP contribution in [0.25, 0.3) is 0 Å². The first-order valence-electron chi connectivity index (χ1n) is 5.76. The van der Waals surface area contributed by atoms with E-state index in [-0.39, 0.29) is 9.28 Å². The summed E-state index contributed by atoms with van der Waals surface area (Å²) < 4.78 is 8.67. The summed E-state index contributed by atoms with van der Waals surface area (Å²) in [5.41, 5.74) is 0.425. The third-order valence-corrected chi connectivity index (χ3v) is 12.8. The van der Waals surface area contributed by atoms with Gasteiger partial charge in [-0.05, 0) is 24.5 Å². The molecule has 0 aliphatic carbocycles. The molecule has 0 aromatic carbocycles. The molecule has 0 N–H and O–H groups in total. The average Bonchev–Trinajstić information content (AvgIpc) is 2.03. The van der Waals surface area contributed by atoms with Crippen LogP contribution in [-0.4, -0.2) is 41.3 Å². The van der Waals surface area contributed by atoms with E-state index < -0.39 is 7.75 Å². The quantitative estimate of drug-likeness (QED) is 0.683. The first-order valence-corrected chi connectivity index (χ1v) is 11.3. The third-order valence-electron chi connectivity index (χ3n) is 3.29. The molecule has 1 atom stereocenters. The molecule has 2 nitrogen and oxygen atoms in total. The van der Waals surface area contributed by atoms with Crippen molar-refractivity contribution in [3.8, 4) is 0 Å². The highest BCUT2D eigenvalue weighted by molar-refractivity contribution is 7.20. The van der Waals surface area contributed by atoms with E-state index in [1.54, 1.807) is 0 Å². The molecule has 0 bridgehead atoms. The number of hydrogen-bond acceptors (Lipinski definition) is 2. The van der Waals surface area contributed by atoms with Gasteiger partial charge in [-0.25, -0.2) is 0 Å². The third kappa shape index (κ3) is 2.69. The topological polar surface area (TPSA) is 12.5 Å². The molecule has 1 aliphatic rings. The molecule has 1 heterocycles. The molecule has 0 spiro atoms. The van der Waals surface area contributed by atoms with E-state index in [1.165, 1.54) is 19.1 Å². The van der Waals surface area contributed by atoms with E-state index >= 15 is 0 Å². The van der Waals surface area contributed by atoms with Crippen molar-refractivity contribution >= 4 is 17.0 Å². The Labute approximate surface area is 91.8 Å². The van der Waals surface area contributed by atoms with Gasteiger partial charge in [0.1, 0.15) is 7.75 Å². The molecule has 0 aromatic heterocycles. The van der Waals surface area contributed by atoms with E-state index in [1.807, 2.05) is 0 Å². The van der Waals surface area contributed by atoms with Crippen molar-refractivity contribution in [3.05, 3.63) is 0 Å². The predicted molar refractivity (Wildman–Crippen MR) is 67.6 cm³/mol. The molecule has 1 aliphatic heterocycles. The lowest BCUT2D eigenvalue weighted by atomic mass is 9.98. The lowest BCUT2D eigenvalue weighted by molar-refractivity contribution is 0.190. The Morgan fingerprint density at radius 2 is 1.93 bits per heavy atom. The summed E-state index contributed by atoms with van der Waals surface area (Å²) in [4.78, 5) is 0. The van der Waals surface area contributed by atoms with Gasteiger partial charge in [0, 0.05) is 6.61 Å². The monoisotopic (exact) mass is 231 g/mol. The van der Waals surface area contributed by atoms with Gasteiger partial charge >= 0.3 is 0 Å². The van der Waals surface area contributed by atoms with Crippen molar-refractivity contribution in [1.29, 1.82) is 0 Å². The van der Waals surface area contributed by atoms with Gasteiger partial charge in [0.25, 0.3) is 0 Å². The summed E-state index contributed by atoms with van der Waals surface area (Å²) >= 11 is 0. The van der Waals surface area contributed by atoms with Gasteiger partial charge in [-0.1, -0.05) is 34.2 Å². The Morgan fingerprint density at radius 3 is 2.36 bits per heavy atom. The predicted octanol–water partition coefficient (Wildman–Crippen LogP) is 1.54. The minimum atomic E-state index is -1.15. The van der Waals surface area contributed by atoms with Crippen molar-refractivity contribution in [3.63, 3.8) is 0 Å². The van der Waals surface area contributed by atoms with E-state index in [0.717, 1.165) is 6.61 Å². The van der Waals surface area contributed by atoms with Gasteiger partial charge in [0.15, 0.2) is 9.28 Å². The van der Waals surface area contributed by atoms with Crippen molar-refractivity contribution in [2.24, 2.45) is 5.41 Å². The number of hydrogen-bond donors (Lipinski definition) is 0. The van der Waals surface area contributed by atoms with Gasteiger partial charge in [0.05, 0.1) is 0 Å². The van der Waals surface area contributed by atoms with Crippen LogP contribution < -0.4 is 0 Å². The van der Waals surface area contributed by atoms with Crippen LogP contribution in [0.15, 0.2) is 0 Å². The highest BCUT2D eigenvalue weighted by Gasteiger charge is 2.43. The highest BCUT2D eigenvalue weighted by Crippen LogP contribution is 2.33. The molecule has 0 amide bonds. The largest absolute Gasteiger partial charge is 0.425 e. The Hall–Kier alpha value is 0.354.